The highest BCUT2D eigenvalue weighted by Gasteiger charge is 2.25. The zero-order valence-corrected chi connectivity index (χ0v) is 13.3. The lowest BCUT2D eigenvalue weighted by atomic mass is 10.1. The predicted molar refractivity (Wildman–Crippen MR) is 81.6 cm³/mol. The Kier molecular flexibility index (Phi) is 5.18. The second kappa shape index (κ2) is 6.70. The van der Waals surface area contributed by atoms with E-state index < -0.39 is 0 Å². The molecular formula is C14H19ClN2O2S. The number of nitrogens with zero attached hydrogens (tertiary/aromatic N) is 2. The first kappa shape index (κ1) is 15.5. The van der Waals surface area contributed by atoms with E-state index in [0.717, 1.165) is 25.9 Å². The standard InChI is InChI=1S/C14H19ClN2O2S/c1-10(14(19)11-5-6-12(15)20-11)16(2)9-13(18)17-7-3-4-8-17/h5-6,10H,3-4,7-9H2,1-2H3. The zero-order chi connectivity index (χ0) is 14.7. The monoisotopic (exact) mass is 314 g/mol. The molecule has 0 spiro atoms. The highest BCUT2D eigenvalue weighted by molar-refractivity contribution is 7.18. The maximum Gasteiger partial charge on any atom is 0.236 e. The van der Waals surface area contributed by atoms with Crippen LogP contribution in [-0.4, -0.2) is 54.2 Å². The van der Waals surface area contributed by atoms with Crippen molar-refractivity contribution in [1.82, 2.24) is 9.80 Å². The van der Waals surface area contributed by atoms with Gasteiger partial charge in [0.25, 0.3) is 0 Å². The van der Waals surface area contributed by atoms with Crippen LogP contribution in [0.5, 0.6) is 0 Å². The highest BCUT2D eigenvalue weighted by Crippen LogP contribution is 2.23. The first-order valence-corrected chi connectivity index (χ1v) is 7.96. The molecule has 1 aromatic rings. The van der Waals surface area contributed by atoms with Crippen LogP contribution in [0.2, 0.25) is 4.34 Å². The Morgan fingerprint density at radius 2 is 2.05 bits per heavy atom. The summed E-state index contributed by atoms with van der Waals surface area (Å²) in [6.45, 7) is 3.80. The van der Waals surface area contributed by atoms with Gasteiger partial charge in [0.1, 0.15) is 0 Å². The summed E-state index contributed by atoms with van der Waals surface area (Å²) in [6, 6.07) is 3.14. The van der Waals surface area contributed by atoms with Gasteiger partial charge in [-0.1, -0.05) is 11.6 Å². The van der Waals surface area contributed by atoms with Gasteiger partial charge in [-0.2, -0.15) is 0 Å². The molecule has 1 fully saturated rings. The van der Waals surface area contributed by atoms with Gasteiger partial charge in [0.15, 0.2) is 5.78 Å². The predicted octanol–water partition coefficient (Wildman–Crippen LogP) is 2.53. The van der Waals surface area contributed by atoms with E-state index in [1.807, 2.05) is 18.9 Å². The van der Waals surface area contributed by atoms with Gasteiger partial charge in [0.05, 0.1) is 21.8 Å². The molecule has 0 N–H and O–H groups in total. The van der Waals surface area contributed by atoms with Gasteiger partial charge in [-0.3, -0.25) is 14.5 Å². The van der Waals surface area contributed by atoms with E-state index in [1.54, 1.807) is 17.0 Å². The summed E-state index contributed by atoms with van der Waals surface area (Å²) >= 11 is 7.13. The number of Topliss-reactive ketones (excluding diaryl/α,β-unsaturated/α-hetero) is 1. The average Bonchev–Trinajstić information content (AvgIpc) is 3.07. The molecule has 1 saturated heterocycles. The number of thiophene rings is 1. The van der Waals surface area contributed by atoms with Crippen LogP contribution in [0.3, 0.4) is 0 Å². The minimum atomic E-state index is -0.323. The fourth-order valence-corrected chi connectivity index (χ4v) is 3.34. The van der Waals surface area contributed by atoms with E-state index in [4.69, 9.17) is 11.6 Å². The molecule has 20 heavy (non-hydrogen) atoms. The van der Waals surface area contributed by atoms with Crippen LogP contribution in [0, 0.1) is 0 Å². The maximum absolute atomic E-state index is 12.3. The lowest BCUT2D eigenvalue weighted by Crippen LogP contribution is -2.43. The summed E-state index contributed by atoms with van der Waals surface area (Å²) in [4.78, 5) is 28.7. The van der Waals surface area contributed by atoms with E-state index in [1.165, 1.54) is 11.3 Å². The second-order valence-corrected chi connectivity index (χ2v) is 6.86. The summed E-state index contributed by atoms with van der Waals surface area (Å²) in [5, 5.41) is 0. The number of rotatable bonds is 5. The Morgan fingerprint density at radius 3 is 2.60 bits per heavy atom. The Hall–Kier alpha value is -0.910. The van der Waals surface area contributed by atoms with Gasteiger partial charge in [-0.15, -0.1) is 11.3 Å². The van der Waals surface area contributed by atoms with Crippen LogP contribution in [-0.2, 0) is 4.79 Å². The minimum absolute atomic E-state index is 0.0126. The van der Waals surface area contributed by atoms with Crippen LogP contribution in [0.1, 0.15) is 29.4 Å². The molecule has 1 unspecified atom stereocenters. The molecule has 1 atom stereocenters. The van der Waals surface area contributed by atoms with Gasteiger partial charge in [0.2, 0.25) is 5.91 Å². The third-order valence-corrected chi connectivity index (χ3v) is 4.95. The molecule has 4 nitrogen and oxygen atoms in total. The van der Waals surface area contributed by atoms with E-state index >= 15 is 0 Å². The van der Waals surface area contributed by atoms with Gasteiger partial charge >= 0.3 is 0 Å². The van der Waals surface area contributed by atoms with Crippen LogP contribution in [0.25, 0.3) is 0 Å². The molecule has 0 bridgehead atoms. The lowest BCUT2D eigenvalue weighted by Gasteiger charge is -2.25. The van der Waals surface area contributed by atoms with E-state index in [2.05, 4.69) is 0 Å². The first-order valence-electron chi connectivity index (χ1n) is 6.76. The van der Waals surface area contributed by atoms with Crippen molar-refractivity contribution in [2.45, 2.75) is 25.8 Å². The first-order chi connectivity index (χ1) is 9.49. The number of amides is 1. The molecule has 1 amide bonds. The van der Waals surface area contributed by atoms with Gasteiger partial charge < -0.3 is 4.90 Å². The topological polar surface area (TPSA) is 40.6 Å². The zero-order valence-electron chi connectivity index (χ0n) is 11.8. The molecule has 2 heterocycles. The largest absolute Gasteiger partial charge is 0.342 e. The smallest absolute Gasteiger partial charge is 0.236 e. The van der Waals surface area contributed by atoms with Crippen molar-refractivity contribution in [3.05, 3.63) is 21.3 Å². The molecule has 110 valence electrons. The van der Waals surface area contributed by atoms with Crippen molar-refractivity contribution in [2.24, 2.45) is 0 Å². The summed E-state index contributed by atoms with van der Waals surface area (Å²) in [6.07, 6.45) is 2.16. The van der Waals surface area contributed by atoms with Crippen molar-refractivity contribution in [1.29, 1.82) is 0 Å². The SMILES string of the molecule is CC(C(=O)c1ccc(Cl)s1)N(C)CC(=O)N1CCCC1. The number of halogens is 1. The molecule has 2 rings (SSSR count). The lowest BCUT2D eigenvalue weighted by molar-refractivity contribution is -0.131. The number of likely N-dealkylation sites (tertiary alicyclic amines) is 1. The number of ketones is 1. The van der Waals surface area contributed by atoms with E-state index in [0.29, 0.717) is 9.21 Å². The average molecular weight is 315 g/mol. The Morgan fingerprint density at radius 1 is 1.40 bits per heavy atom. The van der Waals surface area contributed by atoms with Crippen LogP contribution < -0.4 is 0 Å². The molecule has 0 aliphatic carbocycles. The molecule has 0 radical (unpaired) electrons. The molecule has 1 aliphatic rings. The quantitative estimate of drug-likeness (QED) is 0.784. The summed E-state index contributed by atoms with van der Waals surface area (Å²) in [7, 11) is 1.81. The summed E-state index contributed by atoms with van der Waals surface area (Å²) < 4.78 is 0.608. The molecule has 6 heteroatoms. The van der Waals surface area contributed by atoms with Crippen LogP contribution >= 0.6 is 22.9 Å². The molecule has 0 aromatic carbocycles. The van der Waals surface area contributed by atoms with Crippen molar-refractivity contribution in [3.63, 3.8) is 0 Å². The molecular weight excluding hydrogens is 296 g/mol. The third-order valence-electron chi connectivity index (χ3n) is 3.70. The molecule has 0 saturated carbocycles. The number of hydrogen-bond acceptors (Lipinski definition) is 4. The van der Waals surface area contributed by atoms with Crippen molar-refractivity contribution >= 4 is 34.6 Å². The Bertz CT molecular complexity index is 497. The highest BCUT2D eigenvalue weighted by atomic mass is 35.5. The summed E-state index contributed by atoms with van der Waals surface area (Å²) in [5.41, 5.74) is 0. The number of carbonyl (C=O) groups is 2. The fraction of sp³-hybridized carbons (Fsp3) is 0.571. The fourth-order valence-electron chi connectivity index (χ4n) is 2.27. The third kappa shape index (κ3) is 3.59. The summed E-state index contributed by atoms with van der Waals surface area (Å²) in [5.74, 6) is 0.118. The Balaban J connectivity index is 1.92. The van der Waals surface area contributed by atoms with Gasteiger partial charge in [-0.05, 0) is 38.9 Å². The van der Waals surface area contributed by atoms with Crippen molar-refractivity contribution in [2.75, 3.05) is 26.7 Å². The van der Waals surface area contributed by atoms with Crippen molar-refractivity contribution < 1.29 is 9.59 Å². The maximum atomic E-state index is 12.3. The minimum Gasteiger partial charge on any atom is -0.342 e. The van der Waals surface area contributed by atoms with Crippen molar-refractivity contribution in [3.8, 4) is 0 Å². The van der Waals surface area contributed by atoms with Gasteiger partial charge in [0, 0.05) is 13.1 Å². The number of carbonyl (C=O) groups excluding carboxylic acids is 2. The molecule has 1 aliphatic heterocycles. The number of hydrogen-bond donors (Lipinski definition) is 0. The van der Waals surface area contributed by atoms with E-state index in [-0.39, 0.29) is 24.3 Å². The Labute approximate surface area is 128 Å². The normalized spacial score (nSPS) is 16.7. The van der Waals surface area contributed by atoms with Crippen LogP contribution in [0.4, 0.5) is 0 Å². The van der Waals surface area contributed by atoms with Gasteiger partial charge in [-0.25, -0.2) is 0 Å². The van der Waals surface area contributed by atoms with Crippen LogP contribution in [0.15, 0.2) is 12.1 Å². The van der Waals surface area contributed by atoms with E-state index in [9.17, 15) is 9.59 Å². The number of likely N-dealkylation sites (N-methyl/N-ethyl adjacent to an activating group) is 1. The second-order valence-electron chi connectivity index (χ2n) is 5.15. The molecule has 1 aromatic heterocycles.